The van der Waals surface area contributed by atoms with Crippen molar-refractivity contribution in [3.63, 3.8) is 0 Å². The molecule has 0 aromatic carbocycles. The van der Waals surface area contributed by atoms with E-state index in [9.17, 15) is 4.79 Å². The molecule has 1 atom stereocenters. The molecule has 88 valence electrons. The van der Waals surface area contributed by atoms with Gasteiger partial charge in [-0.05, 0) is 11.5 Å². The van der Waals surface area contributed by atoms with Crippen molar-refractivity contribution < 1.29 is 10.0 Å². The van der Waals surface area contributed by atoms with Gasteiger partial charge in [0.25, 0.3) is 5.91 Å². The molecule has 0 aliphatic rings. The van der Waals surface area contributed by atoms with Gasteiger partial charge >= 0.3 is 0 Å². The van der Waals surface area contributed by atoms with Gasteiger partial charge in [-0.25, -0.2) is 0 Å². The van der Waals surface area contributed by atoms with Crippen molar-refractivity contribution in [1.82, 2.24) is 14.5 Å². The van der Waals surface area contributed by atoms with Crippen LogP contribution in [0.2, 0.25) is 0 Å². The van der Waals surface area contributed by atoms with Gasteiger partial charge in [-0.1, -0.05) is 16.6 Å². The molecule has 1 aromatic heterocycles. The predicted octanol–water partition coefficient (Wildman–Crippen LogP) is -0.00740. The summed E-state index contributed by atoms with van der Waals surface area (Å²) in [6.07, 6.45) is 1.41. The van der Waals surface area contributed by atoms with E-state index in [4.69, 9.17) is 10.9 Å². The SMILES string of the molecule is CC(CN(C)C(=O)c1cnns1)C(N)=NO. The minimum absolute atomic E-state index is 0.0991. The molecule has 8 heteroatoms. The summed E-state index contributed by atoms with van der Waals surface area (Å²) in [6, 6.07) is 0. The highest BCUT2D eigenvalue weighted by molar-refractivity contribution is 7.07. The second-order valence-electron chi connectivity index (χ2n) is 3.39. The Morgan fingerprint density at radius 3 is 3.00 bits per heavy atom. The number of oxime groups is 1. The molecule has 1 unspecified atom stereocenters. The number of nitrogens with zero attached hydrogens (tertiary/aromatic N) is 4. The molecule has 0 fully saturated rings. The molecule has 1 heterocycles. The number of aromatic nitrogens is 2. The second kappa shape index (κ2) is 5.40. The van der Waals surface area contributed by atoms with Gasteiger partial charge in [0.2, 0.25) is 0 Å². The Bertz CT molecular complexity index is 378. The number of carbonyl (C=O) groups is 1. The van der Waals surface area contributed by atoms with Crippen LogP contribution in [-0.2, 0) is 0 Å². The highest BCUT2D eigenvalue weighted by Gasteiger charge is 2.18. The van der Waals surface area contributed by atoms with Crippen LogP contribution in [0.3, 0.4) is 0 Å². The van der Waals surface area contributed by atoms with Gasteiger partial charge in [0.05, 0.1) is 6.20 Å². The number of carbonyl (C=O) groups excluding carboxylic acids is 1. The molecule has 3 N–H and O–H groups in total. The molecule has 1 rings (SSSR count). The molecule has 0 saturated heterocycles. The maximum absolute atomic E-state index is 11.8. The third-order valence-electron chi connectivity index (χ3n) is 2.09. The van der Waals surface area contributed by atoms with E-state index in [0.717, 1.165) is 11.5 Å². The van der Waals surface area contributed by atoms with Crippen molar-refractivity contribution in [2.75, 3.05) is 13.6 Å². The fourth-order valence-corrected chi connectivity index (χ4v) is 1.65. The summed E-state index contributed by atoms with van der Waals surface area (Å²) in [5, 5.41) is 15.0. The zero-order valence-corrected chi connectivity index (χ0v) is 9.81. The average Bonchev–Trinajstić information content (AvgIpc) is 2.79. The number of amides is 1. The van der Waals surface area contributed by atoms with E-state index >= 15 is 0 Å². The van der Waals surface area contributed by atoms with Crippen LogP contribution < -0.4 is 5.73 Å². The lowest BCUT2D eigenvalue weighted by Crippen LogP contribution is -2.36. The fraction of sp³-hybridized carbons (Fsp3) is 0.500. The first-order valence-electron chi connectivity index (χ1n) is 4.56. The molecule has 0 aliphatic heterocycles. The number of hydrogen-bond acceptors (Lipinski definition) is 6. The molecular formula is C8H13N5O2S. The van der Waals surface area contributed by atoms with Gasteiger partial charge in [-0.15, -0.1) is 5.10 Å². The molecule has 1 amide bonds. The van der Waals surface area contributed by atoms with E-state index in [2.05, 4.69) is 14.7 Å². The van der Waals surface area contributed by atoms with Crippen molar-refractivity contribution in [3.05, 3.63) is 11.1 Å². The van der Waals surface area contributed by atoms with E-state index < -0.39 is 0 Å². The molecule has 1 aromatic rings. The standard InChI is InChI=1S/C8H13N5O2S/c1-5(7(9)11-15)4-13(2)8(14)6-3-10-12-16-6/h3,5,15H,4H2,1-2H3,(H2,9,11). The largest absolute Gasteiger partial charge is 0.409 e. The van der Waals surface area contributed by atoms with Crippen LogP contribution in [-0.4, -0.2) is 45.0 Å². The Kier molecular flexibility index (Phi) is 4.18. The molecule has 16 heavy (non-hydrogen) atoms. The zero-order chi connectivity index (χ0) is 12.1. The van der Waals surface area contributed by atoms with Crippen LogP contribution >= 0.6 is 11.5 Å². The smallest absolute Gasteiger partial charge is 0.266 e. The molecule has 0 radical (unpaired) electrons. The van der Waals surface area contributed by atoms with Crippen LogP contribution in [0, 0.1) is 5.92 Å². The lowest BCUT2D eigenvalue weighted by Gasteiger charge is -2.19. The first-order chi connectivity index (χ1) is 7.56. The summed E-state index contributed by atoms with van der Waals surface area (Å²) in [5.41, 5.74) is 5.42. The molecule has 0 bridgehead atoms. The third-order valence-corrected chi connectivity index (χ3v) is 2.74. The summed E-state index contributed by atoms with van der Waals surface area (Å²) in [5.74, 6) is -0.283. The van der Waals surface area contributed by atoms with E-state index in [1.54, 1.807) is 14.0 Å². The Morgan fingerprint density at radius 2 is 2.50 bits per heavy atom. The highest BCUT2D eigenvalue weighted by Crippen LogP contribution is 2.08. The summed E-state index contributed by atoms with van der Waals surface area (Å²) >= 11 is 1.04. The maximum atomic E-state index is 11.8. The fourth-order valence-electron chi connectivity index (χ4n) is 1.14. The van der Waals surface area contributed by atoms with Crippen molar-refractivity contribution in [3.8, 4) is 0 Å². The average molecular weight is 243 g/mol. The Labute approximate surface area is 96.7 Å². The van der Waals surface area contributed by atoms with E-state index in [-0.39, 0.29) is 17.7 Å². The van der Waals surface area contributed by atoms with E-state index in [1.807, 2.05) is 0 Å². The molecule has 0 saturated carbocycles. The number of nitrogens with two attached hydrogens (primary N) is 1. The van der Waals surface area contributed by atoms with Crippen LogP contribution in [0.5, 0.6) is 0 Å². The monoisotopic (exact) mass is 243 g/mol. The second-order valence-corrected chi connectivity index (χ2v) is 4.18. The van der Waals surface area contributed by atoms with Crippen LogP contribution in [0.4, 0.5) is 0 Å². The first kappa shape index (κ1) is 12.4. The van der Waals surface area contributed by atoms with Crippen molar-refractivity contribution in [2.45, 2.75) is 6.92 Å². The van der Waals surface area contributed by atoms with Crippen LogP contribution in [0.25, 0.3) is 0 Å². The number of amidine groups is 1. The lowest BCUT2D eigenvalue weighted by atomic mass is 10.1. The molecular weight excluding hydrogens is 230 g/mol. The Morgan fingerprint density at radius 1 is 1.81 bits per heavy atom. The zero-order valence-electron chi connectivity index (χ0n) is 8.99. The van der Waals surface area contributed by atoms with Gasteiger partial charge in [-0.3, -0.25) is 4.79 Å². The Balaban J connectivity index is 2.59. The third kappa shape index (κ3) is 2.89. The molecule has 7 nitrogen and oxygen atoms in total. The predicted molar refractivity (Wildman–Crippen MR) is 59.4 cm³/mol. The summed E-state index contributed by atoms with van der Waals surface area (Å²) in [7, 11) is 1.64. The summed E-state index contributed by atoms with van der Waals surface area (Å²) < 4.78 is 3.61. The van der Waals surface area contributed by atoms with Crippen molar-refractivity contribution >= 4 is 23.3 Å². The molecule has 0 aliphatic carbocycles. The first-order valence-corrected chi connectivity index (χ1v) is 5.33. The quantitative estimate of drug-likeness (QED) is 0.335. The van der Waals surface area contributed by atoms with Gasteiger partial charge in [-0.2, -0.15) is 0 Å². The van der Waals surface area contributed by atoms with Gasteiger partial charge in [0.1, 0.15) is 10.7 Å². The Hall–Kier alpha value is -1.70. The normalized spacial score (nSPS) is 13.5. The maximum Gasteiger partial charge on any atom is 0.266 e. The summed E-state index contributed by atoms with van der Waals surface area (Å²) in [6.45, 7) is 2.14. The lowest BCUT2D eigenvalue weighted by molar-refractivity contribution is 0.0790. The van der Waals surface area contributed by atoms with Gasteiger partial charge < -0.3 is 15.8 Å². The van der Waals surface area contributed by atoms with Crippen LogP contribution in [0.1, 0.15) is 16.6 Å². The van der Waals surface area contributed by atoms with E-state index in [0.29, 0.717) is 11.4 Å². The van der Waals surface area contributed by atoms with Crippen molar-refractivity contribution in [1.29, 1.82) is 0 Å². The minimum Gasteiger partial charge on any atom is -0.409 e. The molecule has 0 spiro atoms. The van der Waals surface area contributed by atoms with Gasteiger partial charge in [0, 0.05) is 19.5 Å². The van der Waals surface area contributed by atoms with Crippen LogP contribution in [0.15, 0.2) is 11.4 Å². The minimum atomic E-state index is -0.208. The number of rotatable bonds is 4. The van der Waals surface area contributed by atoms with E-state index in [1.165, 1.54) is 11.1 Å². The highest BCUT2D eigenvalue weighted by atomic mass is 32.1. The topological polar surface area (TPSA) is 105 Å². The number of hydrogen-bond donors (Lipinski definition) is 2. The summed E-state index contributed by atoms with van der Waals surface area (Å²) in [4.78, 5) is 13.7. The van der Waals surface area contributed by atoms with Crippen molar-refractivity contribution in [2.24, 2.45) is 16.8 Å². The van der Waals surface area contributed by atoms with Gasteiger partial charge in [0.15, 0.2) is 0 Å².